The number of quaternary nitrogens is 1. The summed E-state index contributed by atoms with van der Waals surface area (Å²) in [5, 5.41) is 2.91. The Morgan fingerprint density at radius 1 is 1.04 bits per heavy atom. The number of hydrogen-bond donors (Lipinski definition) is 1. The Morgan fingerprint density at radius 2 is 1.70 bits per heavy atom. The smallest absolute Gasteiger partial charge is 0.113 e. The van der Waals surface area contributed by atoms with Crippen LogP contribution in [0.2, 0.25) is 0 Å². The van der Waals surface area contributed by atoms with Crippen molar-refractivity contribution in [1.29, 1.82) is 0 Å². The van der Waals surface area contributed by atoms with Gasteiger partial charge in [0.2, 0.25) is 0 Å². The van der Waals surface area contributed by atoms with Crippen molar-refractivity contribution < 1.29 is 9.64 Å². The van der Waals surface area contributed by atoms with Crippen molar-refractivity contribution in [3.63, 3.8) is 0 Å². The molecule has 126 valence electrons. The van der Waals surface area contributed by atoms with Crippen LogP contribution >= 0.6 is 6.19 Å². The van der Waals surface area contributed by atoms with Gasteiger partial charge in [0.1, 0.15) is 18.8 Å². The maximum absolute atomic E-state index is 6.39. The van der Waals surface area contributed by atoms with Gasteiger partial charge in [0.25, 0.3) is 0 Å². The highest BCUT2D eigenvalue weighted by Crippen LogP contribution is 2.58. The first-order valence-corrected chi connectivity index (χ1v) is 11.4. The zero-order valence-corrected chi connectivity index (χ0v) is 16.0. The van der Waals surface area contributed by atoms with Crippen LogP contribution in [0.15, 0.2) is 41.3 Å². The van der Waals surface area contributed by atoms with E-state index in [2.05, 4.69) is 49.1 Å². The highest BCUT2D eigenvalue weighted by Gasteiger charge is 2.35. The lowest BCUT2D eigenvalue weighted by atomic mass is 10.0. The Labute approximate surface area is 145 Å². The van der Waals surface area contributed by atoms with Crippen LogP contribution in [-0.2, 0) is 16.5 Å². The normalized spacial score (nSPS) is 23.1. The maximum Gasteiger partial charge on any atom is 0.113 e. The zero-order chi connectivity index (χ0) is 16.3. The summed E-state index contributed by atoms with van der Waals surface area (Å²) < 4.78 is 7.90. The van der Waals surface area contributed by atoms with Gasteiger partial charge in [0, 0.05) is 17.0 Å². The van der Waals surface area contributed by atoms with Crippen LogP contribution < -0.4 is 10.2 Å². The highest BCUT2D eigenvalue weighted by atomic mass is 32.4. The van der Waals surface area contributed by atoms with E-state index in [4.69, 9.17) is 16.5 Å². The molecule has 1 saturated heterocycles. The van der Waals surface area contributed by atoms with Gasteiger partial charge in [-0.1, -0.05) is 42.1 Å². The lowest BCUT2D eigenvalue weighted by molar-refractivity contribution is -0.871. The summed E-state index contributed by atoms with van der Waals surface area (Å²) in [7, 11) is 4.34. The number of benzene rings is 1. The number of rotatable bonds is 4. The van der Waals surface area contributed by atoms with E-state index in [9.17, 15) is 0 Å². The molecule has 0 radical (unpaired) electrons. The summed E-state index contributed by atoms with van der Waals surface area (Å²) in [6.07, 6.45) is 3.11. The second kappa shape index (κ2) is 7.58. The first kappa shape index (κ1) is 17.3. The molecule has 23 heavy (non-hydrogen) atoms. The van der Waals surface area contributed by atoms with Crippen LogP contribution in [0.25, 0.3) is 0 Å². The van der Waals surface area contributed by atoms with Gasteiger partial charge in [-0.25, -0.2) is 0 Å². The van der Waals surface area contributed by atoms with Gasteiger partial charge in [0.05, 0.1) is 19.4 Å². The molecule has 1 heterocycles. The van der Waals surface area contributed by atoms with E-state index >= 15 is 0 Å². The van der Waals surface area contributed by atoms with Crippen LogP contribution in [0.3, 0.4) is 0 Å². The molecule has 1 atom stereocenters. The fraction of sp³-hybridized carbons (Fsp3) is 0.556. The average Bonchev–Trinajstić information content (AvgIpc) is 2.62. The van der Waals surface area contributed by atoms with Gasteiger partial charge < -0.3 is 9.64 Å². The molecule has 0 amide bonds. The van der Waals surface area contributed by atoms with Crippen molar-refractivity contribution in [3.05, 3.63) is 41.3 Å². The Hall–Kier alpha value is -0.510. The molecule has 5 heteroatoms. The second-order valence-corrected chi connectivity index (χ2v) is 11.2. The Balaban J connectivity index is 2.08. The maximum atomic E-state index is 6.39. The van der Waals surface area contributed by atoms with E-state index < -0.39 is 6.19 Å². The van der Waals surface area contributed by atoms with Crippen LogP contribution in [0.5, 0.6) is 0 Å². The SMILES string of the molecule is CN(C)[P@@](=S)(C1=C([NH+]2CCOCC2)CCCC1)c1ccccc1. The molecule has 1 fully saturated rings. The van der Waals surface area contributed by atoms with Crippen molar-refractivity contribution >= 4 is 23.3 Å². The van der Waals surface area contributed by atoms with Gasteiger partial charge in [-0.05, 0) is 33.4 Å². The molecule has 2 aliphatic rings. The summed E-state index contributed by atoms with van der Waals surface area (Å²) in [4.78, 5) is 1.62. The molecule has 1 N–H and O–H groups in total. The summed E-state index contributed by atoms with van der Waals surface area (Å²) >= 11 is 6.39. The zero-order valence-electron chi connectivity index (χ0n) is 14.3. The molecule has 1 aliphatic carbocycles. The van der Waals surface area contributed by atoms with Crippen LogP contribution in [-0.4, -0.2) is 45.1 Å². The van der Waals surface area contributed by atoms with E-state index in [-0.39, 0.29) is 0 Å². The predicted octanol–water partition coefficient (Wildman–Crippen LogP) is 1.97. The van der Waals surface area contributed by atoms with Crippen LogP contribution in [0, 0.1) is 0 Å². The minimum atomic E-state index is -1.86. The molecule has 1 aliphatic heterocycles. The average molecular weight is 351 g/mol. The quantitative estimate of drug-likeness (QED) is 0.836. The third-order valence-electron chi connectivity index (χ3n) is 5.00. The highest BCUT2D eigenvalue weighted by molar-refractivity contribution is 8.19. The van der Waals surface area contributed by atoms with Crippen molar-refractivity contribution in [2.24, 2.45) is 0 Å². The molecule has 1 aromatic carbocycles. The van der Waals surface area contributed by atoms with Crippen LogP contribution in [0.4, 0.5) is 0 Å². The molecule has 0 bridgehead atoms. The first-order valence-electron chi connectivity index (χ1n) is 8.63. The molecule has 0 spiro atoms. The fourth-order valence-corrected chi connectivity index (χ4v) is 7.68. The Bertz CT molecular complexity index is 609. The number of hydrogen-bond acceptors (Lipinski definition) is 2. The molecular weight excluding hydrogens is 323 g/mol. The third kappa shape index (κ3) is 3.47. The van der Waals surface area contributed by atoms with Gasteiger partial charge in [-0.2, -0.15) is 0 Å². The molecule has 0 saturated carbocycles. The monoisotopic (exact) mass is 351 g/mol. The number of nitrogens with zero attached hydrogens (tertiary/aromatic N) is 1. The fourth-order valence-electron chi connectivity index (χ4n) is 3.78. The van der Waals surface area contributed by atoms with Crippen molar-refractivity contribution in [3.8, 4) is 0 Å². The summed E-state index contributed by atoms with van der Waals surface area (Å²) in [6.45, 7) is 3.94. The lowest BCUT2D eigenvalue weighted by Crippen LogP contribution is -3.12. The van der Waals surface area contributed by atoms with E-state index in [1.165, 1.54) is 31.0 Å². The van der Waals surface area contributed by atoms with E-state index in [0.29, 0.717) is 0 Å². The van der Waals surface area contributed by atoms with Crippen molar-refractivity contribution in [2.75, 3.05) is 40.4 Å². The van der Waals surface area contributed by atoms with Gasteiger partial charge in [0.15, 0.2) is 0 Å². The van der Waals surface area contributed by atoms with Crippen molar-refractivity contribution in [2.45, 2.75) is 25.7 Å². The first-order chi connectivity index (χ1) is 11.1. The Morgan fingerprint density at radius 3 is 2.35 bits per heavy atom. The summed E-state index contributed by atoms with van der Waals surface area (Å²) in [5.74, 6) is 0. The predicted molar refractivity (Wildman–Crippen MR) is 101 cm³/mol. The largest absolute Gasteiger partial charge is 0.370 e. The third-order valence-corrected chi connectivity index (χ3v) is 10.6. The van der Waals surface area contributed by atoms with Crippen LogP contribution in [0.1, 0.15) is 25.7 Å². The van der Waals surface area contributed by atoms with E-state index in [1.807, 2.05) is 0 Å². The number of morpholine rings is 1. The molecule has 1 aromatic rings. The van der Waals surface area contributed by atoms with Gasteiger partial charge >= 0.3 is 0 Å². The second-order valence-electron chi connectivity index (χ2n) is 6.61. The van der Waals surface area contributed by atoms with Gasteiger partial charge in [-0.15, -0.1) is 0 Å². The van der Waals surface area contributed by atoms with E-state index in [1.54, 1.807) is 15.9 Å². The molecule has 0 unspecified atom stereocenters. The van der Waals surface area contributed by atoms with Gasteiger partial charge in [-0.3, -0.25) is 4.67 Å². The minimum absolute atomic E-state index is 0.877. The molecule has 3 nitrogen and oxygen atoms in total. The summed E-state index contributed by atoms with van der Waals surface area (Å²) in [5.41, 5.74) is 1.61. The Kier molecular flexibility index (Phi) is 5.71. The van der Waals surface area contributed by atoms with Crippen molar-refractivity contribution in [1.82, 2.24) is 4.67 Å². The van der Waals surface area contributed by atoms with E-state index in [0.717, 1.165) is 26.3 Å². The minimum Gasteiger partial charge on any atom is -0.370 e. The standard InChI is InChI=1S/C18H27N2OPS/c1-19(2)22(23,16-8-4-3-5-9-16)18-11-7-6-10-17(18)20-12-14-21-15-13-20/h3-5,8-9H,6-7,10-15H2,1-2H3/p+1/t22-/m0/s1. The molecule has 0 aromatic heterocycles. The molecular formula is C18H28N2OPS+. The number of allylic oxidation sites excluding steroid dienone is 2. The number of ether oxygens (including phenoxy) is 1. The topological polar surface area (TPSA) is 16.9 Å². The number of nitrogens with one attached hydrogen (secondary N) is 1. The summed E-state index contributed by atoms with van der Waals surface area (Å²) in [6, 6.07) is 10.8. The molecule has 3 rings (SSSR count). The lowest BCUT2D eigenvalue weighted by Gasteiger charge is -2.37.